The van der Waals surface area contributed by atoms with Crippen LogP contribution in [0.1, 0.15) is 12.0 Å². The first-order valence-electron chi connectivity index (χ1n) is 7.56. The monoisotopic (exact) mass is 387 g/mol. The largest absolute Gasteiger partial charge is 0.456 e. The molecular weight excluding hydrogens is 374 g/mol. The van der Waals surface area contributed by atoms with Crippen LogP contribution in [0.25, 0.3) is 0 Å². The summed E-state index contributed by atoms with van der Waals surface area (Å²) in [6.45, 7) is -0.475. The van der Waals surface area contributed by atoms with Crippen molar-refractivity contribution >= 4 is 51.6 Å². The molecule has 132 valence electrons. The van der Waals surface area contributed by atoms with Crippen LogP contribution in [0.3, 0.4) is 0 Å². The van der Waals surface area contributed by atoms with Crippen LogP contribution in [-0.2, 0) is 19.1 Å². The number of thioether (sulfide) groups is 1. The van der Waals surface area contributed by atoms with Crippen LogP contribution in [0.15, 0.2) is 40.6 Å². The number of carbonyl (C=O) groups excluding carboxylic acids is 3. The number of fused-ring (bicyclic) bond motifs is 1. The van der Waals surface area contributed by atoms with E-state index < -0.39 is 23.7 Å². The summed E-state index contributed by atoms with van der Waals surface area (Å²) in [5.41, 5.74) is 1.07. The highest BCUT2D eigenvalue weighted by atomic mass is 32.2. The van der Waals surface area contributed by atoms with E-state index >= 15 is 0 Å². The maximum absolute atomic E-state index is 12.1. The fourth-order valence-electron chi connectivity index (χ4n) is 2.24. The molecule has 2 aromatic rings. The minimum Gasteiger partial charge on any atom is -0.456 e. The molecule has 26 heavy (non-hydrogen) atoms. The maximum atomic E-state index is 12.1. The Balaban J connectivity index is 1.49. The number of nitriles is 1. The number of hydrogen-bond acceptors (Lipinski definition) is 7. The number of thiophene rings is 1. The molecule has 2 heterocycles. The van der Waals surface area contributed by atoms with Crippen molar-refractivity contribution in [2.45, 2.75) is 16.6 Å². The molecule has 1 aromatic carbocycles. The van der Waals surface area contributed by atoms with Gasteiger partial charge < -0.3 is 15.4 Å². The Morgan fingerprint density at radius 2 is 2.12 bits per heavy atom. The maximum Gasteiger partial charge on any atom is 0.307 e. The van der Waals surface area contributed by atoms with Gasteiger partial charge in [0.2, 0.25) is 5.91 Å². The fourth-order valence-corrected chi connectivity index (χ4v) is 4.09. The van der Waals surface area contributed by atoms with E-state index in [0.29, 0.717) is 10.6 Å². The summed E-state index contributed by atoms with van der Waals surface area (Å²) >= 11 is 2.50. The quantitative estimate of drug-likeness (QED) is 0.764. The lowest BCUT2D eigenvalue weighted by molar-refractivity contribution is -0.147. The third kappa shape index (κ3) is 4.22. The zero-order chi connectivity index (χ0) is 18.5. The van der Waals surface area contributed by atoms with Gasteiger partial charge in [-0.05, 0) is 23.6 Å². The van der Waals surface area contributed by atoms with Crippen LogP contribution < -0.4 is 10.6 Å². The summed E-state index contributed by atoms with van der Waals surface area (Å²) in [7, 11) is 0. The van der Waals surface area contributed by atoms with Crippen LogP contribution in [0, 0.1) is 11.3 Å². The number of rotatable bonds is 5. The van der Waals surface area contributed by atoms with E-state index in [1.807, 2.05) is 24.3 Å². The molecular formula is C17H13N3O4S2. The number of para-hydroxylation sites is 1. The first-order valence-corrected chi connectivity index (χ1v) is 9.32. The smallest absolute Gasteiger partial charge is 0.307 e. The highest BCUT2D eigenvalue weighted by Crippen LogP contribution is 2.36. The van der Waals surface area contributed by atoms with Gasteiger partial charge in [-0.15, -0.1) is 23.1 Å². The molecule has 1 aromatic heterocycles. The van der Waals surface area contributed by atoms with Crippen molar-refractivity contribution in [1.82, 2.24) is 0 Å². The van der Waals surface area contributed by atoms with Crippen molar-refractivity contribution in [2.75, 3.05) is 17.2 Å². The molecule has 7 nitrogen and oxygen atoms in total. The predicted octanol–water partition coefficient (Wildman–Crippen LogP) is 2.60. The predicted molar refractivity (Wildman–Crippen MR) is 98.0 cm³/mol. The number of ether oxygens (including phenoxy) is 1. The Kier molecular flexibility index (Phi) is 5.55. The number of carbonyl (C=O) groups is 3. The Labute approximate surface area is 157 Å². The number of hydrogen-bond donors (Lipinski definition) is 2. The number of amides is 2. The second-order valence-corrected chi connectivity index (χ2v) is 7.44. The van der Waals surface area contributed by atoms with E-state index in [1.54, 1.807) is 17.5 Å². The highest BCUT2D eigenvalue weighted by molar-refractivity contribution is 8.01. The Bertz CT molecular complexity index is 903. The molecule has 0 spiro atoms. The number of nitrogens with zero attached hydrogens (tertiary/aromatic N) is 1. The second kappa shape index (κ2) is 8.03. The van der Waals surface area contributed by atoms with Crippen LogP contribution in [0.2, 0.25) is 0 Å². The zero-order valence-electron chi connectivity index (χ0n) is 13.4. The van der Waals surface area contributed by atoms with Gasteiger partial charge in [0.25, 0.3) is 5.91 Å². The third-order valence-electron chi connectivity index (χ3n) is 3.46. The molecule has 3 rings (SSSR count). The van der Waals surface area contributed by atoms with E-state index in [-0.39, 0.29) is 12.3 Å². The lowest BCUT2D eigenvalue weighted by atomic mass is 10.2. The Morgan fingerprint density at radius 1 is 1.31 bits per heavy atom. The molecule has 1 aliphatic rings. The van der Waals surface area contributed by atoms with Gasteiger partial charge in [-0.1, -0.05) is 12.1 Å². The van der Waals surface area contributed by atoms with Crippen LogP contribution in [0.5, 0.6) is 0 Å². The van der Waals surface area contributed by atoms with Gasteiger partial charge in [-0.3, -0.25) is 14.4 Å². The molecule has 0 fully saturated rings. The molecule has 1 unspecified atom stereocenters. The number of anilines is 2. The van der Waals surface area contributed by atoms with Gasteiger partial charge in [-0.25, -0.2) is 0 Å². The summed E-state index contributed by atoms with van der Waals surface area (Å²) in [6, 6.07) is 10.9. The van der Waals surface area contributed by atoms with Crippen molar-refractivity contribution in [1.29, 1.82) is 5.26 Å². The Hall–Kier alpha value is -2.83. The molecule has 0 aliphatic carbocycles. The summed E-state index contributed by atoms with van der Waals surface area (Å²) in [6.07, 6.45) is -0.138. The number of nitrogens with one attached hydrogen (secondary N) is 2. The second-order valence-electron chi connectivity index (χ2n) is 5.28. The third-order valence-corrected chi connectivity index (χ3v) is 5.57. The molecule has 9 heteroatoms. The molecule has 0 radical (unpaired) electrons. The van der Waals surface area contributed by atoms with E-state index in [0.717, 1.165) is 10.6 Å². The van der Waals surface area contributed by atoms with E-state index in [9.17, 15) is 14.4 Å². The number of esters is 1. The molecule has 0 saturated heterocycles. The lowest BCUT2D eigenvalue weighted by Gasteiger charge is -2.23. The molecule has 2 N–H and O–H groups in total. The van der Waals surface area contributed by atoms with Gasteiger partial charge in [-0.2, -0.15) is 5.26 Å². The zero-order valence-corrected chi connectivity index (χ0v) is 15.0. The molecule has 1 aliphatic heterocycles. The highest BCUT2D eigenvalue weighted by Gasteiger charge is 2.29. The van der Waals surface area contributed by atoms with Gasteiger partial charge in [0, 0.05) is 4.90 Å². The van der Waals surface area contributed by atoms with Gasteiger partial charge in [0.1, 0.15) is 11.1 Å². The summed E-state index contributed by atoms with van der Waals surface area (Å²) < 4.78 is 4.94. The minimum atomic E-state index is -0.640. The summed E-state index contributed by atoms with van der Waals surface area (Å²) in [5, 5.41) is 15.6. The van der Waals surface area contributed by atoms with Gasteiger partial charge in [0.15, 0.2) is 6.61 Å². The SMILES string of the molecule is N#Cc1ccsc1NC(=O)COC(=O)CC1Sc2ccccc2NC1=O. The average Bonchev–Trinajstić information content (AvgIpc) is 3.07. The van der Waals surface area contributed by atoms with E-state index in [2.05, 4.69) is 10.6 Å². The minimum absolute atomic E-state index is 0.138. The standard InChI is InChI=1S/C17H13N3O4S2/c18-8-10-5-6-25-17(10)20-14(21)9-24-15(22)7-13-16(23)19-11-3-1-2-4-12(11)26-13/h1-6,13H,7,9H2,(H,19,23)(H,20,21). The first kappa shape index (κ1) is 18.0. The van der Waals surface area contributed by atoms with Crippen LogP contribution >= 0.6 is 23.1 Å². The summed E-state index contributed by atoms with van der Waals surface area (Å²) in [5.74, 6) is -1.45. The molecule has 0 bridgehead atoms. The van der Waals surface area contributed by atoms with Crippen molar-refractivity contribution in [2.24, 2.45) is 0 Å². The lowest BCUT2D eigenvalue weighted by Crippen LogP contribution is -2.32. The molecule has 1 atom stereocenters. The van der Waals surface area contributed by atoms with E-state index in [4.69, 9.17) is 10.00 Å². The van der Waals surface area contributed by atoms with Crippen LogP contribution in [-0.4, -0.2) is 29.6 Å². The van der Waals surface area contributed by atoms with Gasteiger partial charge >= 0.3 is 5.97 Å². The van der Waals surface area contributed by atoms with Crippen molar-refractivity contribution in [3.05, 3.63) is 41.3 Å². The van der Waals surface area contributed by atoms with Gasteiger partial charge in [0.05, 0.1) is 22.9 Å². The topological polar surface area (TPSA) is 108 Å². The average molecular weight is 387 g/mol. The van der Waals surface area contributed by atoms with Crippen LogP contribution in [0.4, 0.5) is 10.7 Å². The fraction of sp³-hybridized carbons (Fsp3) is 0.176. The van der Waals surface area contributed by atoms with Crippen molar-refractivity contribution in [3.63, 3.8) is 0 Å². The first-order chi connectivity index (χ1) is 12.6. The van der Waals surface area contributed by atoms with Crippen molar-refractivity contribution < 1.29 is 19.1 Å². The van der Waals surface area contributed by atoms with E-state index in [1.165, 1.54) is 23.1 Å². The summed E-state index contributed by atoms with van der Waals surface area (Å²) in [4.78, 5) is 36.7. The Morgan fingerprint density at radius 3 is 2.92 bits per heavy atom. The number of benzene rings is 1. The normalized spacial score (nSPS) is 15.3. The van der Waals surface area contributed by atoms with Crippen molar-refractivity contribution in [3.8, 4) is 6.07 Å². The molecule has 2 amide bonds. The molecule has 0 saturated carbocycles.